The second-order valence-electron chi connectivity index (χ2n) is 8.99. The third kappa shape index (κ3) is 1.70. The van der Waals surface area contributed by atoms with Crippen molar-refractivity contribution in [3.8, 4) is 0 Å². The van der Waals surface area contributed by atoms with Gasteiger partial charge in [-0.15, -0.1) is 0 Å². The van der Waals surface area contributed by atoms with Crippen LogP contribution in [0, 0.1) is 34.5 Å². The lowest BCUT2D eigenvalue weighted by molar-refractivity contribution is -0.103. The molecule has 4 aliphatic rings. The summed E-state index contributed by atoms with van der Waals surface area (Å²) in [6.07, 6.45) is 17.1. The fourth-order valence-corrected chi connectivity index (χ4v) is 7.29. The predicted molar refractivity (Wildman–Crippen MR) is 81.0 cm³/mol. The summed E-state index contributed by atoms with van der Waals surface area (Å²) in [7, 11) is 0. The summed E-state index contributed by atoms with van der Waals surface area (Å²) >= 11 is 0. The third-order valence-corrected chi connectivity index (χ3v) is 8.36. The fourth-order valence-electron chi connectivity index (χ4n) is 7.29. The van der Waals surface area contributed by atoms with E-state index < -0.39 is 0 Å². The molecule has 0 bridgehead atoms. The van der Waals surface area contributed by atoms with Gasteiger partial charge < -0.3 is 0 Å². The third-order valence-electron chi connectivity index (χ3n) is 8.36. The van der Waals surface area contributed by atoms with Gasteiger partial charge in [0.25, 0.3) is 0 Å². The van der Waals surface area contributed by atoms with Gasteiger partial charge in [0.2, 0.25) is 0 Å². The van der Waals surface area contributed by atoms with Crippen molar-refractivity contribution < 1.29 is 0 Å². The zero-order chi connectivity index (χ0) is 13.1. The summed E-state index contributed by atoms with van der Waals surface area (Å²) in [5.41, 5.74) is 1.49. The van der Waals surface area contributed by atoms with E-state index in [0.717, 1.165) is 34.5 Å². The van der Waals surface area contributed by atoms with Crippen molar-refractivity contribution >= 4 is 0 Å². The van der Waals surface area contributed by atoms with E-state index in [-0.39, 0.29) is 0 Å². The SMILES string of the molecule is C[C@@]12CCC[C@H]1C1CC[C@@H]3CCCC[C@]3(C)[C@H]1CC2. The molecule has 4 fully saturated rings. The highest BCUT2D eigenvalue weighted by atomic mass is 14.6. The molecule has 1 unspecified atom stereocenters. The summed E-state index contributed by atoms with van der Waals surface area (Å²) in [5, 5.41) is 0. The topological polar surface area (TPSA) is 0 Å². The van der Waals surface area contributed by atoms with Crippen LogP contribution in [0.4, 0.5) is 0 Å². The summed E-state index contributed by atoms with van der Waals surface area (Å²) in [6, 6.07) is 0. The molecular formula is C19H32. The Labute approximate surface area is 119 Å². The highest BCUT2D eigenvalue weighted by Crippen LogP contribution is 2.66. The highest BCUT2D eigenvalue weighted by Gasteiger charge is 2.56. The van der Waals surface area contributed by atoms with Crippen molar-refractivity contribution in [3.05, 3.63) is 0 Å². The summed E-state index contributed by atoms with van der Waals surface area (Å²) in [4.78, 5) is 0. The van der Waals surface area contributed by atoms with Crippen molar-refractivity contribution in [3.63, 3.8) is 0 Å². The first-order chi connectivity index (χ1) is 9.13. The largest absolute Gasteiger partial charge is 0.0594 e. The minimum Gasteiger partial charge on any atom is -0.0594 e. The minimum atomic E-state index is 0.741. The summed E-state index contributed by atoms with van der Waals surface area (Å²) in [5.74, 6) is 4.41. The molecule has 0 aromatic rings. The molecule has 6 atom stereocenters. The normalized spacial score (nSPS) is 57.2. The molecule has 4 aliphatic carbocycles. The van der Waals surface area contributed by atoms with Gasteiger partial charge in [-0.05, 0) is 85.9 Å². The maximum absolute atomic E-state index is 2.70. The second kappa shape index (κ2) is 4.25. The molecule has 4 saturated carbocycles. The quantitative estimate of drug-likeness (QED) is 0.515. The molecule has 0 spiro atoms. The minimum absolute atomic E-state index is 0.741. The molecule has 0 nitrogen and oxygen atoms in total. The van der Waals surface area contributed by atoms with Crippen LogP contribution < -0.4 is 0 Å². The summed E-state index contributed by atoms with van der Waals surface area (Å²) < 4.78 is 0. The van der Waals surface area contributed by atoms with Crippen LogP contribution >= 0.6 is 0 Å². The summed E-state index contributed by atoms with van der Waals surface area (Å²) in [6.45, 7) is 5.33. The van der Waals surface area contributed by atoms with Gasteiger partial charge in [-0.25, -0.2) is 0 Å². The van der Waals surface area contributed by atoms with Crippen LogP contribution in [0.1, 0.15) is 84.5 Å². The lowest BCUT2D eigenvalue weighted by Gasteiger charge is -2.60. The van der Waals surface area contributed by atoms with Crippen molar-refractivity contribution in [2.24, 2.45) is 34.5 Å². The average molecular weight is 260 g/mol. The first-order valence-electron chi connectivity index (χ1n) is 9.13. The molecule has 0 saturated heterocycles. The van der Waals surface area contributed by atoms with Crippen LogP contribution in [0.5, 0.6) is 0 Å². The van der Waals surface area contributed by atoms with Crippen LogP contribution in [0.2, 0.25) is 0 Å². The van der Waals surface area contributed by atoms with Gasteiger partial charge in [0.05, 0.1) is 0 Å². The van der Waals surface area contributed by atoms with Crippen molar-refractivity contribution in [2.45, 2.75) is 84.5 Å². The highest BCUT2D eigenvalue weighted by molar-refractivity contribution is 5.06. The Bertz CT molecular complexity index is 359. The standard InChI is InChI=1S/C19H32/c1-18-11-5-7-16(18)15-9-8-14-6-3-4-12-19(14,2)17(15)10-13-18/h14-17H,3-13H2,1-2H3/t14-,15?,16-,17-,18-,19-/m0/s1. The zero-order valence-corrected chi connectivity index (χ0v) is 13.1. The Balaban J connectivity index is 1.64. The number of rotatable bonds is 0. The molecule has 19 heavy (non-hydrogen) atoms. The fraction of sp³-hybridized carbons (Fsp3) is 1.00. The number of hydrogen-bond donors (Lipinski definition) is 0. The molecule has 0 aromatic heterocycles. The van der Waals surface area contributed by atoms with Gasteiger partial charge in [-0.1, -0.05) is 33.1 Å². The van der Waals surface area contributed by atoms with Crippen LogP contribution in [-0.2, 0) is 0 Å². The van der Waals surface area contributed by atoms with E-state index in [0.29, 0.717) is 0 Å². The van der Waals surface area contributed by atoms with Crippen LogP contribution in [0.15, 0.2) is 0 Å². The van der Waals surface area contributed by atoms with Gasteiger partial charge in [0.1, 0.15) is 0 Å². The van der Waals surface area contributed by atoms with E-state index in [9.17, 15) is 0 Å². The van der Waals surface area contributed by atoms with Crippen LogP contribution in [-0.4, -0.2) is 0 Å². The Hall–Kier alpha value is 0. The Morgan fingerprint density at radius 3 is 2.47 bits per heavy atom. The van der Waals surface area contributed by atoms with Gasteiger partial charge in [0, 0.05) is 0 Å². The Kier molecular flexibility index (Phi) is 2.84. The molecule has 0 aromatic carbocycles. The molecule has 0 amide bonds. The molecule has 0 heterocycles. The first kappa shape index (κ1) is 12.7. The van der Waals surface area contributed by atoms with E-state index in [4.69, 9.17) is 0 Å². The van der Waals surface area contributed by atoms with Crippen molar-refractivity contribution in [2.75, 3.05) is 0 Å². The molecule has 4 rings (SSSR count). The number of hydrogen-bond acceptors (Lipinski definition) is 0. The predicted octanol–water partition coefficient (Wildman–Crippen LogP) is 5.81. The Morgan fingerprint density at radius 1 is 0.684 bits per heavy atom. The molecule has 0 N–H and O–H groups in total. The second-order valence-corrected chi connectivity index (χ2v) is 8.99. The van der Waals surface area contributed by atoms with Gasteiger partial charge >= 0.3 is 0 Å². The monoisotopic (exact) mass is 260 g/mol. The van der Waals surface area contributed by atoms with E-state index in [1.165, 1.54) is 19.3 Å². The average Bonchev–Trinajstić information content (AvgIpc) is 2.79. The molecule has 0 heteroatoms. The van der Waals surface area contributed by atoms with E-state index in [1.807, 2.05) is 0 Å². The smallest absolute Gasteiger partial charge is 0.0266 e. The van der Waals surface area contributed by atoms with Gasteiger partial charge in [-0.3, -0.25) is 0 Å². The molecule has 0 aliphatic heterocycles. The first-order valence-corrected chi connectivity index (χ1v) is 9.13. The molecule has 0 radical (unpaired) electrons. The van der Waals surface area contributed by atoms with Gasteiger partial charge in [-0.2, -0.15) is 0 Å². The van der Waals surface area contributed by atoms with E-state index >= 15 is 0 Å². The van der Waals surface area contributed by atoms with Gasteiger partial charge in [0.15, 0.2) is 0 Å². The maximum atomic E-state index is 2.70. The number of fused-ring (bicyclic) bond motifs is 5. The molecule has 108 valence electrons. The van der Waals surface area contributed by atoms with Crippen molar-refractivity contribution in [1.29, 1.82) is 0 Å². The lowest BCUT2D eigenvalue weighted by Crippen LogP contribution is -2.51. The Morgan fingerprint density at radius 2 is 1.58 bits per heavy atom. The van der Waals surface area contributed by atoms with Crippen LogP contribution in [0.3, 0.4) is 0 Å². The zero-order valence-electron chi connectivity index (χ0n) is 13.1. The van der Waals surface area contributed by atoms with E-state index in [2.05, 4.69) is 13.8 Å². The van der Waals surface area contributed by atoms with Crippen molar-refractivity contribution in [1.82, 2.24) is 0 Å². The molecular weight excluding hydrogens is 228 g/mol. The lowest BCUT2D eigenvalue weighted by atomic mass is 9.45. The van der Waals surface area contributed by atoms with Crippen LogP contribution in [0.25, 0.3) is 0 Å². The maximum Gasteiger partial charge on any atom is -0.0266 e. The van der Waals surface area contributed by atoms with E-state index in [1.54, 1.807) is 51.4 Å².